The Balaban J connectivity index is 0.00000280. The normalized spacial score (nSPS) is 10.9. The monoisotopic (exact) mass is 424 g/mol. The van der Waals surface area contributed by atoms with Crippen LogP contribution >= 0.6 is 23.7 Å². The number of halogens is 1. The van der Waals surface area contributed by atoms with Crippen LogP contribution in [0.3, 0.4) is 0 Å². The van der Waals surface area contributed by atoms with Crippen LogP contribution in [0.2, 0.25) is 0 Å². The highest BCUT2D eigenvalue weighted by molar-refractivity contribution is 7.22. The fourth-order valence-electron chi connectivity index (χ4n) is 2.64. The minimum absolute atomic E-state index is 0. The van der Waals surface area contributed by atoms with E-state index in [2.05, 4.69) is 4.98 Å². The molecule has 0 aliphatic heterocycles. The minimum Gasteiger partial charge on any atom is -0.395 e. The van der Waals surface area contributed by atoms with E-state index >= 15 is 0 Å². The minimum atomic E-state index is -0.659. The first-order valence-corrected chi connectivity index (χ1v) is 9.25. The van der Waals surface area contributed by atoms with Gasteiger partial charge >= 0.3 is 5.88 Å². The topological polar surface area (TPSA) is 92.7 Å². The zero-order valence-corrected chi connectivity index (χ0v) is 17.4. The molecule has 0 N–H and O–H groups in total. The van der Waals surface area contributed by atoms with E-state index in [0.29, 0.717) is 11.7 Å². The predicted octanol–water partition coefficient (Wildman–Crippen LogP) is 4.13. The van der Waals surface area contributed by atoms with Crippen molar-refractivity contribution < 1.29 is 14.1 Å². The van der Waals surface area contributed by atoms with Gasteiger partial charge in [0.05, 0.1) is 16.3 Å². The summed E-state index contributed by atoms with van der Waals surface area (Å²) in [6, 6.07) is 8.44. The van der Waals surface area contributed by atoms with Crippen LogP contribution in [0.5, 0.6) is 0 Å². The van der Waals surface area contributed by atoms with Gasteiger partial charge in [-0.2, -0.15) is 0 Å². The highest BCUT2D eigenvalue weighted by Gasteiger charge is 2.26. The molecule has 0 atom stereocenters. The zero-order valence-electron chi connectivity index (χ0n) is 15.7. The van der Waals surface area contributed by atoms with Gasteiger partial charge in [-0.3, -0.25) is 19.8 Å². The third-order valence-electron chi connectivity index (χ3n) is 3.98. The number of fused-ring (bicyclic) bond motifs is 1. The summed E-state index contributed by atoms with van der Waals surface area (Å²) in [7, 11) is 3.92. The number of furan rings is 1. The summed E-state index contributed by atoms with van der Waals surface area (Å²) in [5.41, 5.74) is 1.93. The van der Waals surface area contributed by atoms with E-state index in [-0.39, 0.29) is 18.2 Å². The Morgan fingerprint density at radius 3 is 2.64 bits per heavy atom. The molecular weight excluding hydrogens is 404 g/mol. The van der Waals surface area contributed by atoms with E-state index in [1.807, 2.05) is 44.1 Å². The molecule has 0 bridgehead atoms. The van der Waals surface area contributed by atoms with Gasteiger partial charge in [0.2, 0.25) is 0 Å². The zero-order chi connectivity index (χ0) is 19.6. The number of nitrogens with zero attached hydrogens (tertiary/aromatic N) is 4. The molecule has 3 rings (SSSR count). The molecule has 28 heavy (non-hydrogen) atoms. The van der Waals surface area contributed by atoms with E-state index in [0.717, 1.165) is 28.7 Å². The largest absolute Gasteiger partial charge is 0.433 e. The molecule has 0 spiro atoms. The van der Waals surface area contributed by atoms with Crippen molar-refractivity contribution in [1.82, 2.24) is 9.88 Å². The van der Waals surface area contributed by atoms with Crippen molar-refractivity contribution in [3.63, 3.8) is 0 Å². The number of carbonyl (C=O) groups is 1. The van der Waals surface area contributed by atoms with Crippen LogP contribution in [0.25, 0.3) is 10.2 Å². The highest BCUT2D eigenvalue weighted by Crippen LogP contribution is 2.31. The number of benzene rings is 1. The van der Waals surface area contributed by atoms with Gasteiger partial charge in [-0.05, 0) is 57.7 Å². The predicted molar refractivity (Wildman–Crippen MR) is 112 cm³/mol. The lowest BCUT2D eigenvalue weighted by Gasteiger charge is -2.19. The summed E-state index contributed by atoms with van der Waals surface area (Å²) in [6.07, 6.45) is 0.733. The van der Waals surface area contributed by atoms with Gasteiger partial charge in [-0.25, -0.2) is 4.98 Å². The molecule has 1 amide bonds. The van der Waals surface area contributed by atoms with Crippen LogP contribution in [-0.2, 0) is 0 Å². The number of aryl methyl sites for hydroxylation is 1. The third kappa shape index (κ3) is 4.86. The maximum Gasteiger partial charge on any atom is 0.433 e. The smallest absolute Gasteiger partial charge is 0.395 e. The number of aromatic nitrogens is 1. The first-order chi connectivity index (χ1) is 12.8. The van der Waals surface area contributed by atoms with Gasteiger partial charge < -0.3 is 9.32 Å². The van der Waals surface area contributed by atoms with Crippen LogP contribution < -0.4 is 4.90 Å². The Bertz CT molecular complexity index is 985. The lowest BCUT2D eigenvalue weighted by molar-refractivity contribution is -0.402. The van der Waals surface area contributed by atoms with Crippen LogP contribution in [0.1, 0.15) is 22.5 Å². The van der Waals surface area contributed by atoms with Gasteiger partial charge in [0.1, 0.15) is 4.92 Å². The van der Waals surface area contributed by atoms with Crippen molar-refractivity contribution in [3.8, 4) is 0 Å². The molecule has 0 unspecified atom stereocenters. The van der Waals surface area contributed by atoms with Crippen molar-refractivity contribution in [2.45, 2.75) is 13.3 Å². The molecule has 0 aliphatic carbocycles. The summed E-state index contributed by atoms with van der Waals surface area (Å²) >= 11 is 1.42. The summed E-state index contributed by atoms with van der Waals surface area (Å²) in [5.74, 6) is -0.953. The quantitative estimate of drug-likeness (QED) is 0.418. The van der Waals surface area contributed by atoms with E-state index in [4.69, 9.17) is 4.42 Å². The van der Waals surface area contributed by atoms with Crippen molar-refractivity contribution in [3.05, 3.63) is 51.8 Å². The lowest BCUT2D eigenvalue weighted by atomic mass is 10.2. The average molecular weight is 425 g/mol. The molecule has 8 nitrogen and oxygen atoms in total. The second-order valence-electron chi connectivity index (χ2n) is 6.48. The molecule has 0 saturated carbocycles. The van der Waals surface area contributed by atoms with Crippen molar-refractivity contribution in [1.29, 1.82) is 0 Å². The molecular formula is C18H21ClN4O4S. The lowest BCUT2D eigenvalue weighted by Crippen LogP contribution is -2.33. The maximum atomic E-state index is 13.0. The maximum absolute atomic E-state index is 13.0. The van der Waals surface area contributed by atoms with Crippen LogP contribution in [0.4, 0.5) is 11.0 Å². The Kier molecular flexibility index (Phi) is 7.11. The van der Waals surface area contributed by atoms with E-state index < -0.39 is 16.7 Å². The average Bonchev–Trinajstić information content (AvgIpc) is 3.24. The Morgan fingerprint density at radius 2 is 2.00 bits per heavy atom. The second-order valence-corrected chi connectivity index (χ2v) is 7.49. The Hall–Kier alpha value is -2.49. The molecule has 2 aromatic heterocycles. The van der Waals surface area contributed by atoms with Crippen molar-refractivity contribution in [2.75, 3.05) is 32.1 Å². The second kappa shape index (κ2) is 9.13. The molecule has 150 valence electrons. The Morgan fingerprint density at radius 1 is 1.25 bits per heavy atom. The van der Waals surface area contributed by atoms with Gasteiger partial charge in [0.25, 0.3) is 5.91 Å². The molecule has 0 radical (unpaired) electrons. The van der Waals surface area contributed by atoms with Gasteiger partial charge in [-0.15, -0.1) is 12.4 Å². The molecule has 1 aromatic carbocycles. The number of amides is 1. The molecule has 0 fully saturated rings. The number of hydrogen-bond donors (Lipinski definition) is 0. The van der Waals surface area contributed by atoms with Gasteiger partial charge in [-0.1, -0.05) is 17.4 Å². The standard InChI is InChI=1S/C18H20N4O4S.ClH/c1-12-5-6-13-15(11-12)27-18(19-13)21(10-4-9-20(2)3)17(23)14-7-8-16(26-14)22(24)25;/h5-8,11H,4,9-10H2,1-3H3;1H. The first kappa shape index (κ1) is 21.8. The number of rotatable bonds is 7. The number of anilines is 1. The summed E-state index contributed by atoms with van der Waals surface area (Å²) in [6.45, 7) is 3.23. The first-order valence-electron chi connectivity index (χ1n) is 8.43. The molecule has 10 heteroatoms. The number of nitro groups is 1. The Labute approximate surface area is 172 Å². The van der Waals surface area contributed by atoms with Crippen LogP contribution in [0.15, 0.2) is 34.7 Å². The van der Waals surface area contributed by atoms with Crippen LogP contribution in [-0.4, -0.2) is 47.9 Å². The van der Waals surface area contributed by atoms with E-state index in [1.165, 1.54) is 28.4 Å². The summed E-state index contributed by atoms with van der Waals surface area (Å²) in [4.78, 5) is 31.3. The fraction of sp³-hybridized carbons (Fsp3) is 0.333. The molecule has 0 aliphatic rings. The highest BCUT2D eigenvalue weighted by atomic mass is 35.5. The van der Waals surface area contributed by atoms with Crippen molar-refractivity contribution >= 4 is 50.9 Å². The molecule has 2 heterocycles. The number of thiazole rings is 1. The van der Waals surface area contributed by atoms with Gasteiger partial charge in [0, 0.05) is 6.54 Å². The summed E-state index contributed by atoms with van der Waals surface area (Å²) in [5, 5.41) is 11.4. The third-order valence-corrected chi connectivity index (χ3v) is 5.02. The SMILES string of the molecule is Cc1ccc2nc(N(CCCN(C)C)C(=O)c3ccc([N+](=O)[O-])o3)sc2c1.Cl. The molecule has 3 aromatic rings. The number of carbonyl (C=O) groups excluding carboxylic acids is 1. The summed E-state index contributed by atoms with van der Waals surface area (Å²) < 4.78 is 6.09. The van der Waals surface area contributed by atoms with Gasteiger partial charge in [0.15, 0.2) is 10.9 Å². The van der Waals surface area contributed by atoms with Crippen molar-refractivity contribution in [2.24, 2.45) is 0 Å². The fourth-order valence-corrected chi connectivity index (χ4v) is 3.73. The molecule has 0 saturated heterocycles. The van der Waals surface area contributed by atoms with E-state index in [1.54, 1.807) is 0 Å². The number of hydrogen-bond acceptors (Lipinski definition) is 7. The van der Waals surface area contributed by atoms with Crippen LogP contribution in [0, 0.1) is 17.0 Å². The van der Waals surface area contributed by atoms with E-state index in [9.17, 15) is 14.9 Å².